The molecule has 1 aliphatic rings. The number of fused-ring (bicyclic) bond motifs is 1. The predicted molar refractivity (Wildman–Crippen MR) is 77.5 cm³/mol. The first-order valence-electron chi connectivity index (χ1n) is 6.81. The first-order chi connectivity index (χ1) is 9.68. The van der Waals surface area contributed by atoms with Gasteiger partial charge in [-0.15, -0.1) is 0 Å². The number of aromatic hydroxyl groups is 1. The fraction of sp³-hybridized carbons (Fsp3) is 0.235. The molecule has 3 heteroatoms. The maximum absolute atomic E-state index is 11.9. The number of phenols is 1. The molecule has 0 fully saturated rings. The quantitative estimate of drug-likeness (QED) is 0.863. The van der Waals surface area contributed by atoms with Gasteiger partial charge in [-0.3, -0.25) is 4.79 Å². The summed E-state index contributed by atoms with van der Waals surface area (Å²) in [6, 6.07) is 15.2. The van der Waals surface area contributed by atoms with E-state index in [0.29, 0.717) is 6.54 Å². The van der Waals surface area contributed by atoms with Crippen molar-refractivity contribution in [3.8, 4) is 5.75 Å². The zero-order valence-corrected chi connectivity index (χ0v) is 11.4. The van der Waals surface area contributed by atoms with Crippen molar-refractivity contribution in [3.05, 3.63) is 65.2 Å². The molecular formula is C17H17NO2. The Morgan fingerprint density at radius 1 is 1.10 bits per heavy atom. The molecule has 0 saturated heterocycles. The van der Waals surface area contributed by atoms with Gasteiger partial charge in [0.05, 0.1) is 6.04 Å². The van der Waals surface area contributed by atoms with Gasteiger partial charge in [-0.05, 0) is 23.6 Å². The number of hydrogen-bond acceptors (Lipinski definition) is 2. The van der Waals surface area contributed by atoms with Crippen LogP contribution in [0, 0.1) is 0 Å². The smallest absolute Gasteiger partial charge is 0.220 e. The first kappa shape index (κ1) is 12.7. The van der Waals surface area contributed by atoms with Crippen LogP contribution in [0.25, 0.3) is 0 Å². The summed E-state index contributed by atoms with van der Waals surface area (Å²) < 4.78 is 0. The molecule has 0 aromatic heterocycles. The van der Waals surface area contributed by atoms with E-state index >= 15 is 0 Å². The van der Waals surface area contributed by atoms with Crippen LogP contribution in [0.2, 0.25) is 0 Å². The third kappa shape index (κ3) is 2.05. The largest absolute Gasteiger partial charge is 0.508 e. The van der Waals surface area contributed by atoms with Gasteiger partial charge in [-0.25, -0.2) is 0 Å². The van der Waals surface area contributed by atoms with Crippen LogP contribution in [0.3, 0.4) is 0 Å². The lowest BCUT2D eigenvalue weighted by Crippen LogP contribution is -2.39. The van der Waals surface area contributed by atoms with E-state index in [1.54, 1.807) is 19.1 Å². The molecule has 1 heterocycles. The third-order valence-corrected chi connectivity index (χ3v) is 3.92. The highest BCUT2D eigenvalue weighted by molar-refractivity contribution is 5.75. The van der Waals surface area contributed by atoms with E-state index in [1.807, 2.05) is 35.2 Å². The second-order valence-corrected chi connectivity index (χ2v) is 5.12. The lowest BCUT2D eigenvalue weighted by Gasteiger charge is -2.37. The zero-order valence-electron chi connectivity index (χ0n) is 11.4. The van der Waals surface area contributed by atoms with Crippen molar-refractivity contribution in [2.45, 2.75) is 19.4 Å². The van der Waals surface area contributed by atoms with E-state index in [9.17, 15) is 9.90 Å². The Bertz CT molecular complexity index is 651. The van der Waals surface area contributed by atoms with Crippen LogP contribution < -0.4 is 0 Å². The minimum Gasteiger partial charge on any atom is -0.508 e. The number of rotatable bonds is 1. The second-order valence-electron chi connectivity index (χ2n) is 5.12. The molecule has 1 N–H and O–H groups in total. The number of phenolic OH excluding ortho intramolecular Hbond substituents is 1. The highest BCUT2D eigenvalue weighted by atomic mass is 16.3. The molecule has 0 aliphatic carbocycles. The maximum atomic E-state index is 11.9. The van der Waals surface area contributed by atoms with Crippen LogP contribution in [0.4, 0.5) is 0 Å². The Morgan fingerprint density at radius 2 is 1.75 bits per heavy atom. The summed E-state index contributed by atoms with van der Waals surface area (Å²) >= 11 is 0. The summed E-state index contributed by atoms with van der Waals surface area (Å²) in [6.45, 7) is 2.27. The molecule has 102 valence electrons. The Labute approximate surface area is 118 Å². The number of carbonyl (C=O) groups is 1. The van der Waals surface area contributed by atoms with Crippen LogP contribution in [0.15, 0.2) is 48.5 Å². The molecule has 2 aromatic carbocycles. The Morgan fingerprint density at radius 3 is 2.45 bits per heavy atom. The van der Waals surface area contributed by atoms with Crippen molar-refractivity contribution in [2.24, 2.45) is 0 Å². The number of carbonyl (C=O) groups excluding carboxylic acids is 1. The number of hydrogen-bond donors (Lipinski definition) is 1. The fourth-order valence-corrected chi connectivity index (χ4v) is 2.96. The number of benzene rings is 2. The standard InChI is InChI=1S/C17H17NO2/c1-12(19)18-11-10-13-6-2-3-7-14(13)17(18)15-8-4-5-9-16(15)20/h2-9,17,20H,10-11H2,1H3. The molecule has 0 saturated carbocycles. The van der Waals surface area contributed by atoms with Crippen LogP contribution in [-0.2, 0) is 11.2 Å². The van der Waals surface area contributed by atoms with Crippen molar-refractivity contribution < 1.29 is 9.90 Å². The van der Waals surface area contributed by atoms with E-state index in [4.69, 9.17) is 0 Å². The first-order valence-corrected chi connectivity index (χ1v) is 6.81. The number of para-hydroxylation sites is 1. The van der Waals surface area contributed by atoms with Crippen molar-refractivity contribution in [1.29, 1.82) is 0 Å². The summed E-state index contributed by atoms with van der Waals surface area (Å²) in [5, 5.41) is 10.1. The molecular weight excluding hydrogens is 250 g/mol. The van der Waals surface area contributed by atoms with Gasteiger partial charge in [-0.1, -0.05) is 42.5 Å². The van der Waals surface area contributed by atoms with Gasteiger partial charge >= 0.3 is 0 Å². The lowest BCUT2D eigenvalue weighted by atomic mass is 9.88. The minimum atomic E-state index is -0.196. The van der Waals surface area contributed by atoms with E-state index in [-0.39, 0.29) is 17.7 Å². The molecule has 2 aromatic rings. The highest BCUT2D eigenvalue weighted by Gasteiger charge is 2.31. The van der Waals surface area contributed by atoms with Crippen molar-refractivity contribution >= 4 is 5.91 Å². The molecule has 1 unspecified atom stereocenters. The van der Waals surface area contributed by atoms with Gasteiger partial charge in [0.25, 0.3) is 0 Å². The SMILES string of the molecule is CC(=O)N1CCc2ccccc2C1c1ccccc1O. The lowest BCUT2D eigenvalue weighted by molar-refractivity contribution is -0.130. The van der Waals surface area contributed by atoms with Gasteiger partial charge in [0.15, 0.2) is 0 Å². The van der Waals surface area contributed by atoms with Gasteiger partial charge in [0.1, 0.15) is 5.75 Å². The molecule has 1 atom stereocenters. The Kier molecular flexibility index (Phi) is 3.18. The van der Waals surface area contributed by atoms with Crippen LogP contribution in [-0.4, -0.2) is 22.5 Å². The Balaban J connectivity index is 2.17. The van der Waals surface area contributed by atoms with Gasteiger partial charge < -0.3 is 10.0 Å². The summed E-state index contributed by atoms with van der Waals surface area (Å²) in [6.07, 6.45) is 0.861. The summed E-state index contributed by atoms with van der Waals surface area (Å²) in [7, 11) is 0. The van der Waals surface area contributed by atoms with E-state index in [0.717, 1.165) is 17.5 Å². The van der Waals surface area contributed by atoms with Gasteiger partial charge in [0, 0.05) is 19.0 Å². The fourth-order valence-electron chi connectivity index (χ4n) is 2.96. The van der Waals surface area contributed by atoms with E-state index in [2.05, 4.69) is 6.07 Å². The average Bonchev–Trinajstić information content (AvgIpc) is 2.46. The third-order valence-electron chi connectivity index (χ3n) is 3.92. The molecule has 1 aliphatic heterocycles. The van der Waals surface area contributed by atoms with Crippen LogP contribution in [0.5, 0.6) is 5.75 Å². The van der Waals surface area contributed by atoms with Crippen molar-refractivity contribution in [2.75, 3.05) is 6.54 Å². The summed E-state index contributed by atoms with van der Waals surface area (Å²) in [4.78, 5) is 13.8. The number of nitrogens with zero attached hydrogens (tertiary/aromatic N) is 1. The van der Waals surface area contributed by atoms with Crippen LogP contribution in [0.1, 0.15) is 29.7 Å². The normalized spacial score (nSPS) is 17.6. The molecule has 3 nitrogen and oxygen atoms in total. The minimum absolute atomic E-state index is 0.0350. The molecule has 20 heavy (non-hydrogen) atoms. The summed E-state index contributed by atoms with van der Waals surface area (Å²) in [5.74, 6) is 0.271. The van der Waals surface area contributed by atoms with Crippen molar-refractivity contribution in [1.82, 2.24) is 4.90 Å². The summed E-state index contributed by atoms with van der Waals surface area (Å²) in [5.41, 5.74) is 3.14. The zero-order chi connectivity index (χ0) is 14.1. The van der Waals surface area contributed by atoms with E-state index in [1.165, 1.54) is 5.56 Å². The van der Waals surface area contributed by atoms with Crippen molar-refractivity contribution in [3.63, 3.8) is 0 Å². The topological polar surface area (TPSA) is 40.5 Å². The number of amides is 1. The molecule has 0 spiro atoms. The maximum Gasteiger partial charge on any atom is 0.220 e. The van der Waals surface area contributed by atoms with E-state index < -0.39 is 0 Å². The predicted octanol–water partition coefficient (Wildman–Crippen LogP) is 2.89. The molecule has 0 bridgehead atoms. The average molecular weight is 267 g/mol. The highest BCUT2D eigenvalue weighted by Crippen LogP contribution is 2.38. The van der Waals surface area contributed by atoms with Gasteiger partial charge in [-0.2, -0.15) is 0 Å². The monoisotopic (exact) mass is 267 g/mol. The van der Waals surface area contributed by atoms with Gasteiger partial charge in [0.2, 0.25) is 5.91 Å². The Hall–Kier alpha value is -2.29. The molecule has 0 radical (unpaired) electrons. The molecule has 1 amide bonds. The van der Waals surface area contributed by atoms with Crippen LogP contribution >= 0.6 is 0 Å². The second kappa shape index (κ2) is 5.00. The molecule has 3 rings (SSSR count).